The summed E-state index contributed by atoms with van der Waals surface area (Å²) in [4.78, 5) is 11.4. The Balaban J connectivity index is 0.00000256. The van der Waals surface area contributed by atoms with Gasteiger partial charge < -0.3 is 15.0 Å². The van der Waals surface area contributed by atoms with Gasteiger partial charge in [-0.1, -0.05) is 6.07 Å². The second-order valence-corrected chi connectivity index (χ2v) is 8.73. The van der Waals surface area contributed by atoms with Crippen LogP contribution >= 0.6 is 35.3 Å². The summed E-state index contributed by atoms with van der Waals surface area (Å²) in [7, 11) is 1.98. The number of nitrogens with zero attached hydrogens (tertiary/aromatic N) is 5. The molecule has 2 aromatic rings. The maximum atomic E-state index is 5.57. The molecule has 2 aliphatic rings. The second kappa shape index (κ2) is 11.4. The number of aromatic nitrogens is 2. The van der Waals surface area contributed by atoms with Gasteiger partial charge in [0.15, 0.2) is 5.96 Å². The lowest BCUT2D eigenvalue weighted by atomic mass is 10.0. The Morgan fingerprint density at radius 3 is 2.87 bits per heavy atom. The molecule has 4 rings (SSSR count). The lowest BCUT2D eigenvalue weighted by Crippen LogP contribution is -2.42. The normalized spacial score (nSPS) is 21.5. The van der Waals surface area contributed by atoms with E-state index in [9.17, 15) is 0 Å². The Bertz CT molecular complexity index is 789. The Hall–Kier alpha value is -1.17. The molecule has 0 amide bonds. The average Bonchev–Trinajstić information content (AvgIpc) is 3.50. The molecule has 7 nitrogen and oxygen atoms in total. The monoisotopic (exact) mass is 544 g/mol. The Labute approximate surface area is 200 Å². The molecule has 30 heavy (non-hydrogen) atoms. The fourth-order valence-electron chi connectivity index (χ4n) is 4.23. The summed E-state index contributed by atoms with van der Waals surface area (Å²) in [6, 6.07) is 4.70. The van der Waals surface area contributed by atoms with Gasteiger partial charge in [-0.05, 0) is 30.4 Å². The van der Waals surface area contributed by atoms with Crippen LogP contribution in [0.5, 0.6) is 0 Å². The molecular weight excluding hydrogens is 511 g/mol. The highest BCUT2D eigenvalue weighted by Gasteiger charge is 2.28. The van der Waals surface area contributed by atoms with Gasteiger partial charge in [-0.3, -0.25) is 14.6 Å². The quantitative estimate of drug-likeness (QED) is 0.345. The number of guanidine groups is 1. The maximum Gasteiger partial charge on any atom is 0.194 e. The minimum absolute atomic E-state index is 0. The first-order valence-electron chi connectivity index (χ1n) is 10.6. The van der Waals surface area contributed by atoms with Crippen LogP contribution < -0.4 is 5.32 Å². The van der Waals surface area contributed by atoms with E-state index in [-0.39, 0.29) is 24.0 Å². The Kier molecular flexibility index (Phi) is 8.97. The van der Waals surface area contributed by atoms with Gasteiger partial charge in [0.25, 0.3) is 0 Å². The zero-order valence-electron chi connectivity index (χ0n) is 17.9. The fraction of sp³-hybridized carbons (Fsp3) is 0.619. The molecule has 2 unspecified atom stereocenters. The van der Waals surface area contributed by atoms with E-state index in [4.69, 9.17) is 9.73 Å². The molecule has 0 bridgehead atoms. The number of likely N-dealkylation sites (tertiary alicyclic amines) is 1. The third-order valence-electron chi connectivity index (χ3n) is 5.79. The predicted octanol–water partition coefficient (Wildman–Crippen LogP) is 2.93. The smallest absolute Gasteiger partial charge is 0.194 e. The van der Waals surface area contributed by atoms with Crippen molar-refractivity contribution in [1.82, 2.24) is 24.9 Å². The highest BCUT2D eigenvalue weighted by molar-refractivity contribution is 14.0. The largest absolute Gasteiger partial charge is 0.379 e. The molecule has 4 heterocycles. The van der Waals surface area contributed by atoms with Crippen LogP contribution in [0.15, 0.2) is 34.9 Å². The van der Waals surface area contributed by atoms with Gasteiger partial charge in [-0.15, -0.1) is 35.3 Å². The van der Waals surface area contributed by atoms with Crippen LogP contribution in [0.1, 0.15) is 35.7 Å². The zero-order valence-corrected chi connectivity index (χ0v) is 21.0. The van der Waals surface area contributed by atoms with E-state index in [2.05, 4.69) is 50.8 Å². The van der Waals surface area contributed by atoms with Gasteiger partial charge in [0.05, 0.1) is 32.0 Å². The number of morpholine rings is 1. The maximum absolute atomic E-state index is 5.57. The number of hydrogen-bond acceptors (Lipinski definition) is 5. The van der Waals surface area contributed by atoms with Crippen molar-refractivity contribution < 1.29 is 4.74 Å². The average molecular weight is 545 g/mol. The van der Waals surface area contributed by atoms with E-state index in [0.717, 1.165) is 64.9 Å². The van der Waals surface area contributed by atoms with Crippen molar-refractivity contribution in [3.8, 4) is 0 Å². The molecule has 0 aromatic carbocycles. The van der Waals surface area contributed by atoms with Gasteiger partial charge in [0.2, 0.25) is 0 Å². The van der Waals surface area contributed by atoms with E-state index < -0.39 is 0 Å². The van der Waals surface area contributed by atoms with Crippen molar-refractivity contribution in [2.45, 2.75) is 25.3 Å². The summed E-state index contributed by atoms with van der Waals surface area (Å²) in [6.07, 6.45) is 5.29. The molecule has 2 atom stereocenters. The van der Waals surface area contributed by atoms with Crippen LogP contribution in [-0.4, -0.2) is 78.0 Å². The van der Waals surface area contributed by atoms with Crippen molar-refractivity contribution in [2.24, 2.45) is 12.0 Å². The van der Waals surface area contributed by atoms with Crippen LogP contribution in [0.25, 0.3) is 0 Å². The number of thiophene rings is 1. The summed E-state index contributed by atoms with van der Waals surface area (Å²) in [6.45, 7) is 9.40. The number of rotatable bonds is 6. The third kappa shape index (κ3) is 5.74. The van der Waals surface area contributed by atoms with E-state index in [1.54, 1.807) is 0 Å². The van der Waals surface area contributed by atoms with Gasteiger partial charge in [-0.25, -0.2) is 0 Å². The molecule has 9 heteroatoms. The van der Waals surface area contributed by atoms with E-state index in [1.165, 1.54) is 10.4 Å². The molecule has 1 N–H and O–H groups in total. The summed E-state index contributed by atoms with van der Waals surface area (Å²) in [5, 5.41) is 10.0. The summed E-state index contributed by atoms with van der Waals surface area (Å²) in [5.41, 5.74) is 1.33. The van der Waals surface area contributed by atoms with E-state index >= 15 is 0 Å². The van der Waals surface area contributed by atoms with Gasteiger partial charge >= 0.3 is 0 Å². The van der Waals surface area contributed by atoms with Crippen molar-refractivity contribution in [3.05, 3.63) is 40.3 Å². The second-order valence-electron chi connectivity index (χ2n) is 7.75. The highest BCUT2D eigenvalue weighted by Crippen LogP contribution is 2.28. The number of aryl methyl sites for hydroxylation is 1. The number of ether oxygens (including phenoxy) is 1. The SMILES string of the molecule is CCNC(=NCC(c1cccs1)N1CCOCC1)N1CCC(c2cnn(C)c2)C1.I. The number of hydrogen-bond donors (Lipinski definition) is 1. The molecule has 2 fully saturated rings. The first kappa shape index (κ1) is 23.5. The molecule has 2 aliphatic heterocycles. The predicted molar refractivity (Wildman–Crippen MR) is 133 cm³/mol. The summed E-state index contributed by atoms with van der Waals surface area (Å²) < 4.78 is 7.46. The number of nitrogens with one attached hydrogen (secondary N) is 1. The Morgan fingerprint density at radius 1 is 1.37 bits per heavy atom. The molecule has 2 saturated heterocycles. The third-order valence-corrected chi connectivity index (χ3v) is 6.76. The summed E-state index contributed by atoms with van der Waals surface area (Å²) in [5.74, 6) is 1.56. The molecule has 0 spiro atoms. The number of halogens is 1. The molecular formula is C21H33IN6OS. The van der Waals surface area contributed by atoms with Crippen LogP contribution in [0, 0.1) is 0 Å². The van der Waals surface area contributed by atoms with Crippen LogP contribution in [0.4, 0.5) is 0 Å². The van der Waals surface area contributed by atoms with Crippen LogP contribution in [0.3, 0.4) is 0 Å². The van der Waals surface area contributed by atoms with Gasteiger partial charge in [0.1, 0.15) is 0 Å². The standard InChI is InChI=1S/C21H32N6OS.HI/c1-3-22-21(27-7-6-17(16-27)18-13-24-25(2)15-18)23-14-19(20-5-4-12-29-20)26-8-10-28-11-9-26;/h4-5,12-13,15,17,19H,3,6-11,14,16H2,1-2H3,(H,22,23);1H. The van der Waals surface area contributed by atoms with Crippen molar-refractivity contribution >= 4 is 41.3 Å². The minimum Gasteiger partial charge on any atom is -0.379 e. The zero-order chi connectivity index (χ0) is 20.1. The highest BCUT2D eigenvalue weighted by atomic mass is 127. The lowest BCUT2D eigenvalue weighted by Gasteiger charge is -2.33. The lowest BCUT2D eigenvalue weighted by molar-refractivity contribution is 0.0186. The van der Waals surface area contributed by atoms with Crippen molar-refractivity contribution in [2.75, 3.05) is 52.5 Å². The summed E-state index contributed by atoms with van der Waals surface area (Å²) >= 11 is 1.83. The van der Waals surface area contributed by atoms with Crippen molar-refractivity contribution in [3.63, 3.8) is 0 Å². The van der Waals surface area contributed by atoms with E-state index in [1.807, 2.05) is 29.3 Å². The first-order chi connectivity index (χ1) is 14.2. The molecule has 0 aliphatic carbocycles. The van der Waals surface area contributed by atoms with Gasteiger partial charge in [-0.2, -0.15) is 5.10 Å². The first-order valence-corrected chi connectivity index (χ1v) is 11.5. The molecule has 0 saturated carbocycles. The molecule has 166 valence electrons. The topological polar surface area (TPSA) is 57.9 Å². The van der Waals surface area contributed by atoms with Crippen molar-refractivity contribution in [1.29, 1.82) is 0 Å². The van der Waals surface area contributed by atoms with Crippen LogP contribution in [-0.2, 0) is 11.8 Å². The van der Waals surface area contributed by atoms with Crippen LogP contribution in [0.2, 0.25) is 0 Å². The minimum atomic E-state index is 0. The fourth-order valence-corrected chi connectivity index (χ4v) is 5.08. The Morgan fingerprint density at radius 2 is 2.20 bits per heavy atom. The van der Waals surface area contributed by atoms with Gasteiger partial charge in [0, 0.05) is 56.8 Å². The van der Waals surface area contributed by atoms with E-state index in [0.29, 0.717) is 12.0 Å². The molecule has 2 aromatic heterocycles. The number of aliphatic imine (C=N–C) groups is 1. The molecule has 0 radical (unpaired) electrons.